The van der Waals surface area contributed by atoms with E-state index in [4.69, 9.17) is 0 Å². The van der Waals surface area contributed by atoms with E-state index in [9.17, 15) is 0 Å². The molecular formula is C26H39N3. The molecule has 0 radical (unpaired) electrons. The van der Waals surface area contributed by atoms with E-state index in [0.29, 0.717) is 6.04 Å². The van der Waals surface area contributed by atoms with Gasteiger partial charge in [-0.1, -0.05) is 38.1 Å². The number of nitrogens with one attached hydrogen (secondary N) is 2. The molecular weight excluding hydrogens is 354 g/mol. The molecule has 1 unspecified atom stereocenters. The van der Waals surface area contributed by atoms with E-state index in [0.717, 1.165) is 32.5 Å². The standard InChI is InChI=1S/C26H39N3/c1-3-21-10-5-6-12-23(21)20-29-24(4-2)16-18-27-17-9-14-26-25-13-8-7-11-22(25)15-19-28-26/h5-6,10,12,15,19,24,27,29H,3-4,7-9,11,13-14,16-18,20H2,1-2H3. The maximum absolute atomic E-state index is 4.68. The second-order valence-electron chi connectivity index (χ2n) is 8.35. The van der Waals surface area contributed by atoms with Crippen LogP contribution in [0.5, 0.6) is 0 Å². The smallest absolute Gasteiger partial charge is 0.0438 e. The van der Waals surface area contributed by atoms with Crippen LogP contribution < -0.4 is 10.6 Å². The largest absolute Gasteiger partial charge is 0.317 e. The van der Waals surface area contributed by atoms with Crippen molar-refractivity contribution in [3.05, 3.63) is 64.5 Å². The molecule has 2 aromatic rings. The van der Waals surface area contributed by atoms with Crippen molar-refractivity contribution in [2.24, 2.45) is 0 Å². The number of pyridine rings is 1. The Morgan fingerprint density at radius 3 is 2.66 bits per heavy atom. The SMILES string of the molecule is CCc1ccccc1CNC(CC)CCNCCCc1nccc2c1CCCC2. The third-order valence-electron chi connectivity index (χ3n) is 6.37. The van der Waals surface area contributed by atoms with Gasteiger partial charge in [-0.15, -0.1) is 0 Å². The van der Waals surface area contributed by atoms with Gasteiger partial charge in [-0.05, 0) is 99.2 Å². The fraction of sp³-hybridized carbons (Fsp3) is 0.577. The van der Waals surface area contributed by atoms with Gasteiger partial charge >= 0.3 is 0 Å². The van der Waals surface area contributed by atoms with Crippen molar-refractivity contribution in [3.8, 4) is 0 Å². The zero-order chi connectivity index (χ0) is 20.3. The monoisotopic (exact) mass is 393 g/mol. The van der Waals surface area contributed by atoms with Crippen molar-refractivity contribution in [2.45, 2.75) is 84.2 Å². The molecule has 3 nitrogen and oxygen atoms in total. The van der Waals surface area contributed by atoms with Gasteiger partial charge in [-0.25, -0.2) is 0 Å². The first kappa shape index (κ1) is 22.0. The summed E-state index contributed by atoms with van der Waals surface area (Å²) in [6.07, 6.45) is 12.9. The van der Waals surface area contributed by atoms with E-state index < -0.39 is 0 Å². The Balaban J connectivity index is 1.33. The van der Waals surface area contributed by atoms with Gasteiger partial charge in [0.15, 0.2) is 0 Å². The minimum absolute atomic E-state index is 0.579. The quantitative estimate of drug-likeness (QED) is 0.498. The molecule has 29 heavy (non-hydrogen) atoms. The molecule has 0 spiro atoms. The molecule has 0 saturated carbocycles. The molecule has 1 aromatic carbocycles. The topological polar surface area (TPSA) is 37.0 Å². The Morgan fingerprint density at radius 1 is 1.00 bits per heavy atom. The van der Waals surface area contributed by atoms with E-state index in [2.05, 4.69) is 59.8 Å². The zero-order valence-corrected chi connectivity index (χ0v) is 18.5. The van der Waals surface area contributed by atoms with Crippen molar-refractivity contribution in [1.82, 2.24) is 15.6 Å². The number of fused-ring (bicyclic) bond motifs is 1. The minimum Gasteiger partial charge on any atom is -0.317 e. The maximum atomic E-state index is 4.68. The number of aromatic nitrogens is 1. The van der Waals surface area contributed by atoms with Crippen molar-refractivity contribution in [1.29, 1.82) is 0 Å². The second-order valence-corrected chi connectivity index (χ2v) is 8.35. The summed E-state index contributed by atoms with van der Waals surface area (Å²) < 4.78 is 0. The molecule has 1 aliphatic carbocycles. The average Bonchev–Trinajstić information content (AvgIpc) is 2.78. The van der Waals surface area contributed by atoms with Crippen LogP contribution in [-0.2, 0) is 32.2 Å². The van der Waals surface area contributed by atoms with E-state index in [1.54, 1.807) is 11.1 Å². The molecule has 1 aromatic heterocycles. The highest BCUT2D eigenvalue weighted by molar-refractivity contribution is 5.32. The van der Waals surface area contributed by atoms with Crippen molar-refractivity contribution < 1.29 is 0 Å². The summed E-state index contributed by atoms with van der Waals surface area (Å²) in [5, 5.41) is 7.41. The summed E-state index contributed by atoms with van der Waals surface area (Å²) in [4.78, 5) is 4.68. The van der Waals surface area contributed by atoms with Crippen LogP contribution in [0.1, 0.15) is 73.9 Å². The Labute approximate surface area is 177 Å². The van der Waals surface area contributed by atoms with Gasteiger partial charge in [-0.2, -0.15) is 0 Å². The molecule has 0 bridgehead atoms. The van der Waals surface area contributed by atoms with E-state index in [1.165, 1.54) is 61.8 Å². The van der Waals surface area contributed by atoms with Gasteiger partial charge in [0.1, 0.15) is 0 Å². The van der Waals surface area contributed by atoms with E-state index in [1.807, 2.05) is 6.20 Å². The van der Waals surface area contributed by atoms with Gasteiger partial charge < -0.3 is 10.6 Å². The molecule has 0 fully saturated rings. The van der Waals surface area contributed by atoms with Gasteiger partial charge in [0.05, 0.1) is 0 Å². The number of benzene rings is 1. The number of hydrogen-bond acceptors (Lipinski definition) is 3. The average molecular weight is 394 g/mol. The lowest BCUT2D eigenvalue weighted by Gasteiger charge is -2.19. The fourth-order valence-corrected chi connectivity index (χ4v) is 4.51. The summed E-state index contributed by atoms with van der Waals surface area (Å²) >= 11 is 0. The first-order chi connectivity index (χ1) is 14.3. The third-order valence-corrected chi connectivity index (χ3v) is 6.37. The van der Waals surface area contributed by atoms with Crippen LogP contribution in [0.4, 0.5) is 0 Å². The first-order valence-electron chi connectivity index (χ1n) is 11.8. The van der Waals surface area contributed by atoms with E-state index in [-0.39, 0.29) is 0 Å². The molecule has 3 heteroatoms. The molecule has 0 amide bonds. The Hall–Kier alpha value is -1.71. The highest BCUT2D eigenvalue weighted by Crippen LogP contribution is 2.23. The summed E-state index contributed by atoms with van der Waals surface area (Å²) in [7, 11) is 0. The van der Waals surface area contributed by atoms with Crippen LogP contribution in [-0.4, -0.2) is 24.1 Å². The normalized spacial score (nSPS) is 14.6. The third kappa shape index (κ3) is 6.65. The highest BCUT2D eigenvalue weighted by atomic mass is 14.9. The molecule has 1 heterocycles. The highest BCUT2D eigenvalue weighted by Gasteiger charge is 2.13. The predicted molar refractivity (Wildman–Crippen MR) is 123 cm³/mol. The molecule has 158 valence electrons. The number of nitrogens with zero attached hydrogens (tertiary/aromatic N) is 1. The number of hydrogen-bond donors (Lipinski definition) is 2. The van der Waals surface area contributed by atoms with Crippen molar-refractivity contribution >= 4 is 0 Å². The predicted octanol–water partition coefficient (Wildman–Crippen LogP) is 5.00. The maximum Gasteiger partial charge on any atom is 0.0438 e. The van der Waals surface area contributed by atoms with Crippen LogP contribution in [0.2, 0.25) is 0 Å². The van der Waals surface area contributed by atoms with Crippen LogP contribution >= 0.6 is 0 Å². The zero-order valence-electron chi connectivity index (χ0n) is 18.5. The minimum atomic E-state index is 0.579. The summed E-state index contributed by atoms with van der Waals surface area (Å²) in [6.45, 7) is 7.67. The summed E-state index contributed by atoms with van der Waals surface area (Å²) in [6, 6.07) is 11.6. The van der Waals surface area contributed by atoms with Crippen LogP contribution in [0.15, 0.2) is 36.5 Å². The summed E-state index contributed by atoms with van der Waals surface area (Å²) in [5.41, 5.74) is 7.37. The Kier molecular flexibility index (Phi) is 9.17. The van der Waals surface area contributed by atoms with Crippen LogP contribution in [0, 0.1) is 0 Å². The first-order valence-corrected chi connectivity index (χ1v) is 11.8. The summed E-state index contributed by atoms with van der Waals surface area (Å²) in [5.74, 6) is 0. The molecule has 2 N–H and O–H groups in total. The molecule has 1 aliphatic rings. The lowest BCUT2D eigenvalue weighted by atomic mass is 9.90. The van der Waals surface area contributed by atoms with Gasteiger partial charge in [0, 0.05) is 24.5 Å². The van der Waals surface area contributed by atoms with E-state index >= 15 is 0 Å². The van der Waals surface area contributed by atoms with Crippen LogP contribution in [0.25, 0.3) is 0 Å². The lowest BCUT2D eigenvalue weighted by Crippen LogP contribution is -2.32. The molecule has 0 saturated heterocycles. The Morgan fingerprint density at radius 2 is 1.83 bits per heavy atom. The molecule has 3 rings (SSSR count). The van der Waals surface area contributed by atoms with Crippen LogP contribution in [0.3, 0.4) is 0 Å². The number of aryl methyl sites for hydroxylation is 3. The second kappa shape index (κ2) is 12.1. The van der Waals surface area contributed by atoms with Gasteiger partial charge in [-0.3, -0.25) is 4.98 Å². The Bertz CT molecular complexity index is 740. The van der Waals surface area contributed by atoms with Crippen molar-refractivity contribution in [2.75, 3.05) is 13.1 Å². The fourth-order valence-electron chi connectivity index (χ4n) is 4.51. The van der Waals surface area contributed by atoms with Gasteiger partial charge in [0.25, 0.3) is 0 Å². The molecule has 0 aliphatic heterocycles. The lowest BCUT2D eigenvalue weighted by molar-refractivity contribution is 0.450. The van der Waals surface area contributed by atoms with Gasteiger partial charge in [0.2, 0.25) is 0 Å². The molecule has 1 atom stereocenters. The number of rotatable bonds is 12. The van der Waals surface area contributed by atoms with Crippen molar-refractivity contribution in [3.63, 3.8) is 0 Å².